The average molecular weight is 392 g/mol. The molecule has 1 saturated heterocycles. The average Bonchev–Trinajstić information content (AvgIpc) is 2.68. The van der Waals surface area contributed by atoms with Gasteiger partial charge in [0.15, 0.2) is 5.11 Å². The minimum atomic E-state index is -0.505. The van der Waals surface area contributed by atoms with Crippen LogP contribution in [-0.4, -0.2) is 28.4 Å². The molecular weight excluding hydrogens is 372 g/mol. The van der Waals surface area contributed by atoms with Crippen molar-refractivity contribution in [2.45, 2.75) is 13.5 Å². The number of carbonyl (C=O) groups is 2. The summed E-state index contributed by atoms with van der Waals surface area (Å²) in [4.78, 5) is 26.0. The first-order valence-electron chi connectivity index (χ1n) is 8.76. The van der Waals surface area contributed by atoms with E-state index in [-0.39, 0.29) is 17.2 Å². The number of hydrogen-bond donors (Lipinski definition) is 1. The fourth-order valence-corrected chi connectivity index (χ4v) is 3.03. The lowest BCUT2D eigenvalue weighted by Crippen LogP contribution is -2.53. The molecule has 2 aromatic carbocycles. The van der Waals surface area contributed by atoms with Gasteiger partial charge in [0.05, 0.1) is 0 Å². The molecule has 0 spiro atoms. The van der Waals surface area contributed by atoms with Crippen molar-refractivity contribution in [3.63, 3.8) is 0 Å². The molecule has 0 aliphatic carbocycles. The number of benzene rings is 2. The van der Waals surface area contributed by atoms with E-state index < -0.39 is 11.8 Å². The minimum absolute atomic E-state index is 0.0314. The first-order valence-corrected chi connectivity index (χ1v) is 9.17. The van der Waals surface area contributed by atoms with Gasteiger partial charge < -0.3 is 4.74 Å². The maximum atomic E-state index is 12.5. The number of hydrogen-bond acceptors (Lipinski definition) is 4. The number of nitrogens with one attached hydrogen (secondary N) is 1. The fraction of sp³-hybridized carbons (Fsp3) is 0.136. The molecule has 0 bridgehead atoms. The monoisotopic (exact) mass is 392 g/mol. The van der Waals surface area contributed by atoms with Crippen molar-refractivity contribution in [2.24, 2.45) is 0 Å². The van der Waals surface area contributed by atoms with Crippen LogP contribution in [0.4, 0.5) is 0 Å². The van der Waals surface area contributed by atoms with Crippen LogP contribution in [0.15, 0.2) is 66.8 Å². The smallest absolute Gasteiger partial charge is 0.265 e. The van der Waals surface area contributed by atoms with Gasteiger partial charge >= 0.3 is 0 Å². The van der Waals surface area contributed by atoms with Crippen molar-refractivity contribution in [1.82, 2.24) is 10.2 Å². The third-order valence-corrected chi connectivity index (χ3v) is 4.50. The Hall–Kier alpha value is -3.25. The number of nitrogens with zero attached hydrogens (tertiary/aromatic N) is 1. The van der Waals surface area contributed by atoms with E-state index in [1.54, 1.807) is 36.4 Å². The Kier molecular flexibility index (Phi) is 6.01. The molecule has 1 aliphatic heterocycles. The standard InChI is InChI=1S/C22H20N2O3S/c1-3-11-24-21(26)19(20(25)23-22(24)28)13-16-7-9-18(10-8-16)27-14-17-6-4-5-15(2)12-17/h3-10,12-13H,1,11,14H2,2H3,(H,23,25,28)/b19-13+. The highest BCUT2D eigenvalue weighted by Gasteiger charge is 2.32. The summed E-state index contributed by atoms with van der Waals surface area (Å²) in [5.74, 6) is -0.235. The molecule has 0 radical (unpaired) electrons. The van der Waals surface area contributed by atoms with Gasteiger partial charge in [0, 0.05) is 6.54 Å². The van der Waals surface area contributed by atoms with Crippen LogP contribution in [0, 0.1) is 6.92 Å². The fourth-order valence-electron chi connectivity index (χ4n) is 2.78. The second-order valence-corrected chi connectivity index (χ2v) is 6.76. The highest BCUT2D eigenvalue weighted by molar-refractivity contribution is 7.80. The summed E-state index contributed by atoms with van der Waals surface area (Å²) in [5.41, 5.74) is 3.02. The van der Waals surface area contributed by atoms with Crippen molar-refractivity contribution in [3.8, 4) is 5.75 Å². The normalized spacial score (nSPS) is 15.5. The second-order valence-electron chi connectivity index (χ2n) is 6.37. The molecule has 0 saturated carbocycles. The molecule has 2 aromatic rings. The van der Waals surface area contributed by atoms with E-state index in [1.807, 2.05) is 25.1 Å². The van der Waals surface area contributed by atoms with E-state index in [4.69, 9.17) is 17.0 Å². The number of rotatable bonds is 6. The van der Waals surface area contributed by atoms with E-state index in [2.05, 4.69) is 18.0 Å². The molecule has 0 unspecified atom stereocenters. The maximum absolute atomic E-state index is 12.5. The third kappa shape index (κ3) is 4.53. The number of aryl methyl sites for hydroxylation is 1. The Morgan fingerprint density at radius 2 is 1.93 bits per heavy atom. The van der Waals surface area contributed by atoms with Crippen LogP contribution in [0.25, 0.3) is 6.08 Å². The van der Waals surface area contributed by atoms with E-state index >= 15 is 0 Å². The largest absolute Gasteiger partial charge is 0.489 e. The molecule has 5 nitrogen and oxygen atoms in total. The first kappa shape index (κ1) is 19.5. The van der Waals surface area contributed by atoms with Crippen LogP contribution >= 0.6 is 12.2 Å². The van der Waals surface area contributed by atoms with E-state index in [1.165, 1.54) is 10.5 Å². The summed E-state index contributed by atoms with van der Waals surface area (Å²) >= 11 is 5.04. The summed E-state index contributed by atoms with van der Waals surface area (Å²) < 4.78 is 5.79. The Morgan fingerprint density at radius 1 is 1.18 bits per heavy atom. The predicted molar refractivity (Wildman–Crippen MR) is 113 cm³/mol. The Labute approximate surface area is 169 Å². The highest BCUT2D eigenvalue weighted by Crippen LogP contribution is 2.19. The molecule has 2 amide bonds. The summed E-state index contributed by atoms with van der Waals surface area (Å²) in [6.07, 6.45) is 3.10. The summed E-state index contributed by atoms with van der Waals surface area (Å²) in [6.45, 7) is 6.35. The zero-order valence-corrected chi connectivity index (χ0v) is 16.3. The van der Waals surface area contributed by atoms with Crippen LogP contribution in [0.1, 0.15) is 16.7 Å². The lowest BCUT2D eigenvalue weighted by Gasteiger charge is -2.27. The Morgan fingerprint density at radius 3 is 2.61 bits per heavy atom. The maximum Gasteiger partial charge on any atom is 0.265 e. The van der Waals surface area contributed by atoms with Gasteiger partial charge in [-0.05, 0) is 48.5 Å². The van der Waals surface area contributed by atoms with E-state index in [0.29, 0.717) is 17.9 Å². The van der Waals surface area contributed by atoms with Crippen LogP contribution in [0.2, 0.25) is 0 Å². The van der Waals surface area contributed by atoms with Crippen molar-refractivity contribution >= 4 is 35.2 Å². The SMILES string of the molecule is C=CCN1C(=O)/C(=C/c2ccc(OCc3cccc(C)c3)cc2)C(=O)NC1=S. The number of amides is 2. The van der Waals surface area contributed by atoms with Gasteiger partial charge in [-0.1, -0.05) is 48.0 Å². The number of thiocarbonyl (C=S) groups is 1. The molecule has 1 aliphatic rings. The van der Waals surface area contributed by atoms with Crippen molar-refractivity contribution < 1.29 is 14.3 Å². The summed E-state index contributed by atoms with van der Waals surface area (Å²) in [6, 6.07) is 15.3. The lowest BCUT2D eigenvalue weighted by atomic mass is 10.1. The molecular formula is C22H20N2O3S. The second kappa shape index (κ2) is 8.63. The Balaban J connectivity index is 1.72. The first-order chi connectivity index (χ1) is 13.5. The van der Waals surface area contributed by atoms with Crippen LogP contribution in [0.5, 0.6) is 5.75 Å². The van der Waals surface area contributed by atoms with Gasteiger partial charge in [0.1, 0.15) is 17.9 Å². The molecule has 142 valence electrons. The van der Waals surface area contributed by atoms with Crippen molar-refractivity contribution in [1.29, 1.82) is 0 Å². The predicted octanol–water partition coefficient (Wildman–Crippen LogP) is 3.39. The molecule has 1 N–H and O–H groups in total. The molecule has 6 heteroatoms. The van der Waals surface area contributed by atoms with Gasteiger partial charge in [-0.2, -0.15) is 0 Å². The lowest BCUT2D eigenvalue weighted by molar-refractivity contribution is -0.128. The summed E-state index contributed by atoms with van der Waals surface area (Å²) in [7, 11) is 0. The number of carbonyl (C=O) groups excluding carboxylic acids is 2. The van der Waals surface area contributed by atoms with Crippen molar-refractivity contribution in [3.05, 3.63) is 83.4 Å². The van der Waals surface area contributed by atoms with E-state index in [9.17, 15) is 9.59 Å². The highest BCUT2D eigenvalue weighted by atomic mass is 32.1. The molecule has 0 atom stereocenters. The van der Waals surface area contributed by atoms with Gasteiger partial charge in [-0.3, -0.25) is 19.8 Å². The van der Waals surface area contributed by atoms with Crippen LogP contribution in [0.3, 0.4) is 0 Å². The molecule has 1 fully saturated rings. The van der Waals surface area contributed by atoms with Crippen LogP contribution < -0.4 is 10.1 Å². The van der Waals surface area contributed by atoms with Gasteiger partial charge in [0.25, 0.3) is 11.8 Å². The topological polar surface area (TPSA) is 58.6 Å². The zero-order chi connectivity index (χ0) is 20.1. The van der Waals surface area contributed by atoms with Crippen LogP contribution in [-0.2, 0) is 16.2 Å². The quantitative estimate of drug-likeness (QED) is 0.354. The van der Waals surface area contributed by atoms with Gasteiger partial charge in [-0.25, -0.2) is 0 Å². The number of ether oxygens (including phenoxy) is 1. The van der Waals surface area contributed by atoms with Gasteiger partial charge in [0.2, 0.25) is 0 Å². The van der Waals surface area contributed by atoms with Crippen molar-refractivity contribution in [2.75, 3.05) is 6.54 Å². The molecule has 28 heavy (non-hydrogen) atoms. The molecule has 1 heterocycles. The minimum Gasteiger partial charge on any atom is -0.489 e. The molecule has 3 rings (SSSR count). The Bertz CT molecular complexity index is 964. The zero-order valence-electron chi connectivity index (χ0n) is 15.5. The molecule has 0 aromatic heterocycles. The van der Waals surface area contributed by atoms with E-state index in [0.717, 1.165) is 5.56 Å². The summed E-state index contributed by atoms with van der Waals surface area (Å²) in [5, 5.41) is 2.62. The van der Waals surface area contributed by atoms with Gasteiger partial charge in [-0.15, -0.1) is 6.58 Å². The third-order valence-electron chi connectivity index (χ3n) is 4.18.